The molecule has 1 aliphatic heterocycles. The van der Waals surface area contributed by atoms with Gasteiger partial charge in [0, 0.05) is 25.1 Å². The zero-order valence-electron chi connectivity index (χ0n) is 11.4. The Morgan fingerprint density at radius 2 is 2.20 bits per heavy atom. The van der Waals surface area contributed by atoms with Crippen molar-refractivity contribution in [1.82, 2.24) is 15.1 Å². The average molecular weight is 338 g/mol. The summed E-state index contributed by atoms with van der Waals surface area (Å²) in [6.07, 6.45) is 2.30. The molecule has 5 heteroatoms. The van der Waals surface area contributed by atoms with E-state index in [0.29, 0.717) is 17.2 Å². The first-order chi connectivity index (χ1) is 9.68. The number of rotatable bonds is 2. The van der Waals surface area contributed by atoms with E-state index in [1.807, 2.05) is 17.8 Å². The van der Waals surface area contributed by atoms with E-state index in [1.165, 1.54) is 6.07 Å². The Morgan fingerprint density at radius 1 is 1.40 bits per heavy atom. The van der Waals surface area contributed by atoms with Crippen LogP contribution >= 0.6 is 15.9 Å². The molecule has 1 N–H and O–H groups in total. The molecule has 2 heterocycles. The van der Waals surface area contributed by atoms with Gasteiger partial charge in [-0.2, -0.15) is 5.10 Å². The molecule has 0 saturated carbocycles. The number of nitrogens with one attached hydrogen (secondary N) is 1. The van der Waals surface area contributed by atoms with E-state index in [0.717, 1.165) is 36.1 Å². The normalized spacial score (nSPS) is 19.2. The van der Waals surface area contributed by atoms with Crippen molar-refractivity contribution in [3.63, 3.8) is 0 Å². The lowest BCUT2D eigenvalue weighted by molar-refractivity contribution is 0.440. The quantitative estimate of drug-likeness (QED) is 0.909. The second kappa shape index (κ2) is 5.66. The third kappa shape index (κ3) is 2.40. The van der Waals surface area contributed by atoms with Crippen molar-refractivity contribution in [1.29, 1.82) is 0 Å². The van der Waals surface area contributed by atoms with E-state index in [4.69, 9.17) is 0 Å². The number of nitrogens with zero attached hydrogens (tertiary/aromatic N) is 2. The zero-order valence-corrected chi connectivity index (χ0v) is 13.0. The number of halogens is 2. The minimum absolute atomic E-state index is 0.236. The van der Waals surface area contributed by atoms with Crippen LogP contribution in [0.25, 0.3) is 11.3 Å². The molecule has 1 atom stereocenters. The van der Waals surface area contributed by atoms with Gasteiger partial charge in [-0.3, -0.25) is 4.68 Å². The average Bonchev–Trinajstić information content (AvgIpc) is 2.75. The van der Waals surface area contributed by atoms with E-state index in [1.54, 1.807) is 12.1 Å². The number of aryl methyl sites for hydroxylation is 1. The number of piperidine rings is 1. The Balaban J connectivity index is 2.04. The van der Waals surface area contributed by atoms with Crippen molar-refractivity contribution in [2.45, 2.75) is 18.8 Å². The third-order valence-electron chi connectivity index (χ3n) is 3.84. The Kier molecular flexibility index (Phi) is 3.89. The monoisotopic (exact) mass is 337 g/mol. The largest absolute Gasteiger partial charge is 0.316 e. The maximum absolute atomic E-state index is 14.0. The summed E-state index contributed by atoms with van der Waals surface area (Å²) in [4.78, 5) is 0. The number of hydrogen-bond acceptors (Lipinski definition) is 2. The first-order valence-corrected chi connectivity index (χ1v) is 7.66. The van der Waals surface area contributed by atoms with Gasteiger partial charge in [0.2, 0.25) is 0 Å². The van der Waals surface area contributed by atoms with Gasteiger partial charge >= 0.3 is 0 Å². The molecule has 20 heavy (non-hydrogen) atoms. The third-order valence-corrected chi connectivity index (χ3v) is 4.63. The van der Waals surface area contributed by atoms with Crippen molar-refractivity contribution in [2.75, 3.05) is 13.1 Å². The van der Waals surface area contributed by atoms with E-state index in [2.05, 4.69) is 26.3 Å². The fraction of sp³-hybridized carbons (Fsp3) is 0.400. The van der Waals surface area contributed by atoms with Gasteiger partial charge in [-0.1, -0.05) is 12.1 Å². The molecule has 3 rings (SSSR count). The predicted molar refractivity (Wildman–Crippen MR) is 81.1 cm³/mol. The van der Waals surface area contributed by atoms with Gasteiger partial charge < -0.3 is 5.32 Å². The van der Waals surface area contributed by atoms with Crippen LogP contribution in [0.15, 0.2) is 28.7 Å². The Morgan fingerprint density at radius 3 is 2.90 bits per heavy atom. The molecule has 0 spiro atoms. The van der Waals surface area contributed by atoms with Crippen molar-refractivity contribution in [3.8, 4) is 11.3 Å². The topological polar surface area (TPSA) is 29.9 Å². The highest BCUT2D eigenvalue weighted by Crippen LogP contribution is 2.37. The molecule has 1 unspecified atom stereocenters. The van der Waals surface area contributed by atoms with Crippen LogP contribution in [0.1, 0.15) is 24.5 Å². The van der Waals surface area contributed by atoms with E-state index < -0.39 is 0 Å². The molecule has 106 valence electrons. The zero-order chi connectivity index (χ0) is 14.1. The second-order valence-corrected chi connectivity index (χ2v) is 5.99. The Bertz CT molecular complexity index is 618. The van der Waals surface area contributed by atoms with Crippen LogP contribution in [0.3, 0.4) is 0 Å². The van der Waals surface area contributed by atoms with Crippen molar-refractivity contribution >= 4 is 15.9 Å². The molecule has 1 fully saturated rings. The summed E-state index contributed by atoms with van der Waals surface area (Å²) >= 11 is 3.63. The van der Waals surface area contributed by atoms with Crippen LogP contribution in [0.4, 0.5) is 4.39 Å². The fourth-order valence-electron chi connectivity index (χ4n) is 2.87. The van der Waals surface area contributed by atoms with Crippen LogP contribution in [0, 0.1) is 5.82 Å². The molecule has 0 bridgehead atoms. The molecule has 0 amide bonds. The van der Waals surface area contributed by atoms with E-state index in [9.17, 15) is 4.39 Å². The minimum atomic E-state index is -0.236. The van der Waals surface area contributed by atoms with Crippen molar-refractivity contribution in [3.05, 3.63) is 40.2 Å². The highest BCUT2D eigenvalue weighted by molar-refractivity contribution is 9.10. The molecular weight excluding hydrogens is 321 g/mol. The van der Waals surface area contributed by atoms with Crippen LogP contribution in [0.5, 0.6) is 0 Å². The van der Waals surface area contributed by atoms with Gasteiger partial charge in [0.1, 0.15) is 11.5 Å². The van der Waals surface area contributed by atoms with Gasteiger partial charge in [-0.25, -0.2) is 4.39 Å². The van der Waals surface area contributed by atoms with E-state index >= 15 is 0 Å². The molecular formula is C15H17BrFN3. The summed E-state index contributed by atoms with van der Waals surface area (Å²) in [6, 6.07) is 6.77. The van der Waals surface area contributed by atoms with Crippen LogP contribution < -0.4 is 5.32 Å². The second-order valence-electron chi connectivity index (χ2n) is 5.19. The molecule has 3 nitrogen and oxygen atoms in total. The number of hydrogen-bond donors (Lipinski definition) is 1. The summed E-state index contributed by atoms with van der Waals surface area (Å²) in [5.74, 6) is 0.191. The Labute approximate surface area is 126 Å². The van der Waals surface area contributed by atoms with Crippen LogP contribution in [-0.4, -0.2) is 22.9 Å². The smallest absolute Gasteiger partial charge is 0.132 e. The van der Waals surface area contributed by atoms with Crippen molar-refractivity contribution in [2.24, 2.45) is 7.05 Å². The molecule has 2 aromatic rings. The number of aromatic nitrogens is 2. The lowest BCUT2D eigenvalue weighted by Crippen LogP contribution is -2.29. The molecule has 1 aliphatic rings. The molecule has 0 radical (unpaired) electrons. The summed E-state index contributed by atoms with van der Waals surface area (Å²) < 4.78 is 16.8. The lowest BCUT2D eigenvalue weighted by Gasteiger charge is -2.23. The van der Waals surface area contributed by atoms with Gasteiger partial charge in [0.25, 0.3) is 0 Å². The summed E-state index contributed by atoms with van der Waals surface area (Å²) in [7, 11) is 1.93. The van der Waals surface area contributed by atoms with Gasteiger partial charge in [-0.15, -0.1) is 0 Å². The maximum Gasteiger partial charge on any atom is 0.132 e. The number of benzene rings is 1. The molecule has 0 aliphatic carbocycles. The molecule has 1 saturated heterocycles. The molecule has 1 aromatic heterocycles. The minimum Gasteiger partial charge on any atom is -0.316 e. The summed E-state index contributed by atoms with van der Waals surface area (Å²) in [5, 5.41) is 7.93. The summed E-state index contributed by atoms with van der Waals surface area (Å²) in [6.45, 7) is 2.03. The Hall–Kier alpha value is -1.20. The SMILES string of the molecule is Cn1nc(-c2ccccc2F)c(Br)c1C1CCCNC1. The summed E-state index contributed by atoms with van der Waals surface area (Å²) in [5.41, 5.74) is 2.38. The van der Waals surface area contributed by atoms with Gasteiger partial charge in [-0.05, 0) is 47.4 Å². The van der Waals surface area contributed by atoms with Crippen LogP contribution in [-0.2, 0) is 7.05 Å². The lowest BCUT2D eigenvalue weighted by atomic mass is 9.95. The highest BCUT2D eigenvalue weighted by Gasteiger charge is 2.25. The maximum atomic E-state index is 14.0. The van der Waals surface area contributed by atoms with Gasteiger partial charge in [0.05, 0.1) is 10.2 Å². The predicted octanol–water partition coefficient (Wildman–Crippen LogP) is 3.46. The van der Waals surface area contributed by atoms with E-state index in [-0.39, 0.29) is 5.82 Å². The van der Waals surface area contributed by atoms with Crippen LogP contribution in [0.2, 0.25) is 0 Å². The first kappa shape index (κ1) is 13.8. The fourth-order valence-corrected chi connectivity index (χ4v) is 3.74. The van der Waals surface area contributed by atoms with Gasteiger partial charge in [0.15, 0.2) is 0 Å². The highest BCUT2D eigenvalue weighted by atomic mass is 79.9. The first-order valence-electron chi connectivity index (χ1n) is 6.86. The molecule has 1 aromatic carbocycles. The van der Waals surface area contributed by atoms with Crippen molar-refractivity contribution < 1.29 is 4.39 Å². The standard InChI is InChI=1S/C15H17BrFN3/c1-20-15(10-5-4-8-18-9-10)13(16)14(19-20)11-6-2-3-7-12(11)17/h2-3,6-7,10,18H,4-5,8-9H2,1H3.